The Labute approximate surface area is 144 Å². The summed E-state index contributed by atoms with van der Waals surface area (Å²) in [6.07, 6.45) is 4.55. The van der Waals surface area contributed by atoms with Crippen molar-refractivity contribution in [1.29, 1.82) is 0 Å². The Balaban J connectivity index is 0.000000219. The number of aromatic carboxylic acids is 1. The molecule has 0 bridgehead atoms. The van der Waals surface area contributed by atoms with Crippen LogP contribution in [0.3, 0.4) is 0 Å². The molecule has 1 aliphatic carbocycles. The van der Waals surface area contributed by atoms with Gasteiger partial charge in [-0.25, -0.2) is 9.18 Å². The maximum absolute atomic E-state index is 13.2. The summed E-state index contributed by atoms with van der Waals surface area (Å²) in [5, 5.41) is 15.7. The van der Waals surface area contributed by atoms with Gasteiger partial charge in [0.2, 0.25) is 5.43 Å². The largest absolute Gasteiger partial charge is 0.477 e. The molecule has 1 saturated heterocycles. The standard InChI is InChI=1S/C13H10FNO3.C5H12N2/c14-7-1-4-11-9(5-7)12(16)10(13(17)18)6-15(11)8-2-3-8;1-2-6-4-5-7-3-1/h1,4-6,8H,2-3H2,(H,17,18);6-7H,1-5H2. The SMILES string of the molecule is C1CNCCNC1.O=C(O)c1cn(C2CC2)c2ccc(F)cc2c1=O. The van der Waals surface area contributed by atoms with E-state index in [9.17, 15) is 14.0 Å². The van der Waals surface area contributed by atoms with E-state index in [1.54, 1.807) is 4.57 Å². The third-order valence-electron chi connectivity index (χ3n) is 4.35. The second-order valence-corrected chi connectivity index (χ2v) is 6.33. The Morgan fingerprint density at radius 3 is 2.44 bits per heavy atom. The number of pyridine rings is 1. The lowest BCUT2D eigenvalue weighted by molar-refractivity contribution is 0.0695. The van der Waals surface area contributed by atoms with Gasteiger partial charge in [0, 0.05) is 30.7 Å². The molecule has 7 heteroatoms. The van der Waals surface area contributed by atoms with Crippen LogP contribution in [0.1, 0.15) is 35.7 Å². The number of hydrogen-bond donors (Lipinski definition) is 3. The Morgan fingerprint density at radius 1 is 1.16 bits per heavy atom. The van der Waals surface area contributed by atoms with Crippen molar-refractivity contribution in [3.05, 3.63) is 46.0 Å². The molecule has 0 atom stereocenters. The molecule has 2 aromatic rings. The summed E-state index contributed by atoms with van der Waals surface area (Å²) in [5.74, 6) is -1.81. The summed E-state index contributed by atoms with van der Waals surface area (Å²) in [6, 6.07) is 4.12. The maximum atomic E-state index is 13.2. The van der Waals surface area contributed by atoms with Gasteiger partial charge >= 0.3 is 5.97 Å². The van der Waals surface area contributed by atoms with Crippen LogP contribution in [0.4, 0.5) is 4.39 Å². The molecule has 0 amide bonds. The van der Waals surface area contributed by atoms with Gasteiger partial charge < -0.3 is 20.3 Å². The zero-order valence-electron chi connectivity index (χ0n) is 13.9. The first-order valence-corrected chi connectivity index (χ1v) is 8.57. The molecular formula is C18H22FN3O3. The van der Waals surface area contributed by atoms with Crippen molar-refractivity contribution in [2.24, 2.45) is 0 Å². The summed E-state index contributed by atoms with van der Waals surface area (Å²) >= 11 is 0. The number of rotatable bonds is 2. The fourth-order valence-electron chi connectivity index (χ4n) is 2.90. The number of fused-ring (bicyclic) bond motifs is 1. The normalized spacial score (nSPS) is 17.5. The van der Waals surface area contributed by atoms with E-state index in [0.29, 0.717) is 5.52 Å². The minimum absolute atomic E-state index is 0.127. The molecule has 0 radical (unpaired) electrons. The molecule has 1 aromatic carbocycles. The van der Waals surface area contributed by atoms with Gasteiger partial charge in [0.1, 0.15) is 11.4 Å². The molecular weight excluding hydrogens is 325 g/mol. The highest BCUT2D eigenvalue weighted by molar-refractivity contribution is 5.92. The van der Waals surface area contributed by atoms with Crippen molar-refractivity contribution < 1.29 is 14.3 Å². The molecule has 1 aromatic heterocycles. The van der Waals surface area contributed by atoms with Gasteiger partial charge in [0.25, 0.3) is 0 Å². The van der Waals surface area contributed by atoms with Gasteiger partial charge in [0.15, 0.2) is 0 Å². The van der Waals surface area contributed by atoms with Crippen LogP contribution in [-0.4, -0.2) is 41.8 Å². The first-order valence-electron chi connectivity index (χ1n) is 8.57. The number of carboxylic acids is 1. The van der Waals surface area contributed by atoms with Gasteiger partial charge in [-0.05, 0) is 50.6 Å². The fraction of sp³-hybridized carbons (Fsp3) is 0.444. The number of aromatic nitrogens is 1. The smallest absolute Gasteiger partial charge is 0.341 e. The Hall–Kier alpha value is -2.25. The van der Waals surface area contributed by atoms with E-state index in [0.717, 1.165) is 32.0 Å². The highest BCUT2D eigenvalue weighted by Crippen LogP contribution is 2.36. The lowest BCUT2D eigenvalue weighted by atomic mass is 10.1. The molecule has 2 heterocycles. The number of nitrogens with zero attached hydrogens (tertiary/aromatic N) is 1. The van der Waals surface area contributed by atoms with Crippen LogP contribution in [0.5, 0.6) is 0 Å². The second-order valence-electron chi connectivity index (χ2n) is 6.33. The summed E-state index contributed by atoms with van der Waals surface area (Å²) in [4.78, 5) is 23.0. The predicted molar refractivity (Wildman–Crippen MR) is 93.8 cm³/mol. The quantitative estimate of drug-likeness (QED) is 0.771. The van der Waals surface area contributed by atoms with Gasteiger partial charge in [-0.1, -0.05) is 0 Å². The van der Waals surface area contributed by atoms with Crippen LogP contribution < -0.4 is 16.1 Å². The van der Waals surface area contributed by atoms with Crippen molar-refractivity contribution in [2.75, 3.05) is 26.2 Å². The monoisotopic (exact) mass is 347 g/mol. The van der Waals surface area contributed by atoms with Gasteiger partial charge in [0.05, 0.1) is 5.52 Å². The van der Waals surface area contributed by atoms with Crippen molar-refractivity contribution >= 4 is 16.9 Å². The van der Waals surface area contributed by atoms with E-state index >= 15 is 0 Å². The van der Waals surface area contributed by atoms with E-state index in [4.69, 9.17) is 5.11 Å². The summed E-state index contributed by atoms with van der Waals surface area (Å²) in [5.41, 5.74) is -0.345. The Bertz CT molecular complexity index is 811. The van der Waals surface area contributed by atoms with Gasteiger partial charge in [-0.15, -0.1) is 0 Å². The van der Waals surface area contributed by atoms with E-state index in [1.165, 1.54) is 37.8 Å². The minimum Gasteiger partial charge on any atom is -0.477 e. The number of halogens is 1. The second kappa shape index (κ2) is 7.76. The zero-order valence-corrected chi connectivity index (χ0v) is 13.9. The van der Waals surface area contributed by atoms with E-state index in [1.807, 2.05) is 0 Å². The predicted octanol–water partition coefficient (Wildman–Crippen LogP) is 1.74. The highest BCUT2D eigenvalue weighted by atomic mass is 19.1. The summed E-state index contributed by atoms with van der Waals surface area (Å²) in [6.45, 7) is 4.65. The van der Waals surface area contributed by atoms with Crippen molar-refractivity contribution in [1.82, 2.24) is 15.2 Å². The fourth-order valence-corrected chi connectivity index (χ4v) is 2.90. The average Bonchev–Trinajstić information content (AvgIpc) is 3.43. The number of benzene rings is 1. The lowest BCUT2D eigenvalue weighted by Crippen LogP contribution is -2.21. The first-order chi connectivity index (χ1) is 12.1. The van der Waals surface area contributed by atoms with Crippen molar-refractivity contribution in [2.45, 2.75) is 25.3 Å². The molecule has 25 heavy (non-hydrogen) atoms. The van der Waals surface area contributed by atoms with E-state index < -0.39 is 17.2 Å². The van der Waals surface area contributed by atoms with Crippen LogP contribution in [0.15, 0.2) is 29.2 Å². The summed E-state index contributed by atoms with van der Waals surface area (Å²) < 4.78 is 15.0. The number of carbonyl (C=O) groups is 1. The summed E-state index contributed by atoms with van der Waals surface area (Å²) in [7, 11) is 0. The molecule has 6 nitrogen and oxygen atoms in total. The molecule has 134 valence electrons. The zero-order chi connectivity index (χ0) is 17.8. The Morgan fingerprint density at radius 2 is 1.84 bits per heavy atom. The highest BCUT2D eigenvalue weighted by Gasteiger charge is 2.26. The third kappa shape index (κ3) is 4.24. The third-order valence-corrected chi connectivity index (χ3v) is 4.35. The van der Waals surface area contributed by atoms with Crippen LogP contribution in [0, 0.1) is 5.82 Å². The number of carboxylic acid groups (broad SMARTS) is 1. The lowest BCUT2D eigenvalue weighted by Gasteiger charge is -2.11. The van der Waals surface area contributed by atoms with Crippen molar-refractivity contribution in [3.8, 4) is 0 Å². The first kappa shape index (κ1) is 17.6. The molecule has 2 fully saturated rings. The van der Waals surface area contributed by atoms with E-state index in [-0.39, 0.29) is 17.0 Å². The van der Waals surface area contributed by atoms with Gasteiger partial charge in [-0.3, -0.25) is 4.79 Å². The topological polar surface area (TPSA) is 83.4 Å². The van der Waals surface area contributed by atoms with Crippen LogP contribution in [0.2, 0.25) is 0 Å². The molecule has 1 aliphatic heterocycles. The molecule has 0 unspecified atom stereocenters. The van der Waals surface area contributed by atoms with Crippen molar-refractivity contribution in [3.63, 3.8) is 0 Å². The number of nitrogens with one attached hydrogen (secondary N) is 2. The van der Waals surface area contributed by atoms with Gasteiger partial charge in [-0.2, -0.15) is 0 Å². The van der Waals surface area contributed by atoms with E-state index in [2.05, 4.69) is 10.6 Å². The van der Waals surface area contributed by atoms with Crippen LogP contribution in [-0.2, 0) is 0 Å². The maximum Gasteiger partial charge on any atom is 0.341 e. The molecule has 2 aliphatic rings. The van der Waals surface area contributed by atoms with Crippen LogP contribution in [0.25, 0.3) is 10.9 Å². The Kier molecular flexibility index (Phi) is 5.45. The average molecular weight is 347 g/mol. The van der Waals surface area contributed by atoms with Crippen LogP contribution >= 0.6 is 0 Å². The molecule has 3 N–H and O–H groups in total. The molecule has 0 spiro atoms. The minimum atomic E-state index is -1.28. The molecule has 4 rings (SSSR count). The number of hydrogen-bond acceptors (Lipinski definition) is 4. The molecule has 1 saturated carbocycles.